The van der Waals surface area contributed by atoms with Crippen LogP contribution in [0.2, 0.25) is 5.02 Å². The van der Waals surface area contributed by atoms with Gasteiger partial charge in [-0.3, -0.25) is 0 Å². The van der Waals surface area contributed by atoms with Gasteiger partial charge in [-0.2, -0.15) is 0 Å². The van der Waals surface area contributed by atoms with Crippen molar-refractivity contribution in [3.63, 3.8) is 0 Å². The number of aliphatic hydroxyl groups is 1. The normalized spacial score (nSPS) is 12.0. The number of anilines is 1. The molecule has 0 amide bonds. The minimum Gasteiger partial charge on any atom is -0.489 e. The van der Waals surface area contributed by atoms with Gasteiger partial charge in [-0.05, 0) is 43.2 Å². The molecule has 0 radical (unpaired) electrons. The van der Waals surface area contributed by atoms with Crippen LogP contribution in [0.3, 0.4) is 0 Å². The van der Waals surface area contributed by atoms with Gasteiger partial charge in [0, 0.05) is 12.2 Å². The maximum absolute atomic E-state index is 9.99. The third-order valence-electron chi connectivity index (χ3n) is 3.19. The summed E-state index contributed by atoms with van der Waals surface area (Å²) in [4.78, 5) is 0. The average molecular weight is 306 g/mol. The van der Waals surface area contributed by atoms with Crippen LogP contribution in [0.25, 0.3) is 0 Å². The highest BCUT2D eigenvalue weighted by molar-refractivity contribution is 6.32. The Hall–Kier alpha value is -1.71. The van der Waals surface area contributed by atoms with Crippen molar-refractivity contribution in [3.8, 4) is 5.75 Å². The van der Waals surface area contributed by atoms with Crippen LogP contribution in [-0.4, -0.2) is 24.4 Å². The summed E-state index contributed by atoms with van der Waals surface area (Å²) in [7, 11) is 0. The first-order valence-electron chi connectivity index (χ1n) is 6.93. The maximum Gasteiger partial charge on any atom is 0.138 e. The van der Waals surface area contributed by atoms with E-state index in [9.17, 15) is 5.11 Å². The number of hydrogen-bond donors (Lipinski definition) is 2. The van der Waals surface area contributed by atoms with Gasteiger partial charge in [0.1, 0.15) is 18.5 Å². The van der Waals surface area contributed by atoms with E-state index >= 15 is 0 Å². The van der Waals surface area contributed by atoms with Crippen molar-refractivity contribution >= 4 is 17.3 Å². The summed E-state index contributed by atoms with van der Waals surface area (Å²) in [6.45, 7) is 4.70. The summed E-state index contributed by atoms with van der Waals surface area (Å²) in [5.74, 6) is 0.588. The molecule has 1 unspecified atom stereocenters. The molecule has 2 aromatic carbocycles. The zero-order chi connectivity index (χ0) is 15.2. The van der Waals surface area contributed by atoms with Crippen LogP contribution in [0.15, 0.2) is 42.5 Å². The van der Waals surface area contributed by atoms with Gasteiger partial charge in [0.2, 0.25) is 0 Å². The SMILES string of the molecule is Cc1ccc(C)c(NCC(O)COc2ccccc2Cl)c1. The lowest BCUT2D eigenvalue weighted by Gasteiger charge is -2.16. The highest BCUT2D eigenvalue weighted by atomic mass is 35.5. The number of ether oxygens (including phenoxy) is 1. The van der Waals surface area contributed by atoms with Crippen molar-refractivity contribution in [2.45, 2.75) is 20.0 Å². The summed E-state index contributed by atoms with van der Waals surface area (Å²) in [5, 5.41) is 13.8. The molecule has 0 saturated carbocycles. The summed E-state index contributed by atoms with van der Waals surface area (Å²) in [5.41, 5.74) is 3.37. The first kappa shape index (κ1) is 15.7. The molecule has 0 heterocycles. The lowest BCUT2D eigenvalue weighted by molar-refractivity contribution is 0.117. The Labute approximate surface area is 130 Å². The lowest BCUT2D eigenvalue weighted by atomic mass is 10.1. The standard InChI is InChI=1S/C17H20ClNO2/c1-12-7-8-13(2)16(9-12)19-10-14(20)11-21-17-6-4-3-5-15(17)18/h3-9,14,19-20H,10-11H2,1-2H3. The predicted octanol–water partition coefficient (Wildman–Crippen LogP) is 3.81. The Morgan fingerprint density at radius 1 is 1.19 bits per heavy atom. The minimum absolute atomic E-state index is 0.196. The zero-order valence-corrected chi connectivity index (χ0v) is 13.0. The Morgan fingerprint density at radius 2 is 1.95 bits per heavy atom. The van der Waals surface area contributed by atoms with Crippen LogP contribution in [0, 0.1) is 13.8 Å². The van der Waals surface area contributed by atoms with Crippen LogP contribution in [0.1, 0.15) is 11.1 Å². The summed E-state index contributed by atoms with van der Waals surface area (Å²) in [6.07, 6.45) is -0.610. The molecule has 0 aliphatic heterocycles. The molecule has 0 bridgehead atoms. The molecule has 0 spiro atoms. The summed E-state index contributed by atoms with van der Waals surface area (Å²) >= 11 is 6.00. The van der Waals surface area contributed by atoms with E-state index in [1.54, 1.807) is 12.1 Å². The van der Waals surface area contributed by atoms with E-state index in [1.807, 2.05) is 26.0 Å². The zero-order valence-electron chi connectivity index (χ0n) is 12.3. The van der Waals surface area contributed by atoms with Gasteiger partial charge in [-0.25, -0.2) is 0 Å². The fourth-order valence-corrected chi connectivity index (χ4v) is 2.15. The second kappa shape index (κ2) is 7.34. The molecule has 2 N–H and O–H groups in total. The Bertz CT molecular complexity index is 601. The fraction of sp³-hybridized carbons (Fsp3) is 0.294. The first-order chi connectivity index (χ1) is 10.1. The highest BCUT2D eigenvalue weighted by Gasteiger charge is 2.08. The number of para-hydroxylation sites is 1. The number of benzene rings is 2. The highest BCUT2D eigenvalue weighted by Crippen LogP contribution is 2.23. The minimum atomic E-state index is -0.610. The van der Waals surface area contributed by atoms with E-state index in [1.165, 1.54) is 5.56 Å². The van der Waals surface area contributed by atoms with Gasteiger partial charge in [0.05, 0.1) is 5.02 Å². The van der Waals surface area contributed by atoms with Gasteiger partial charge < -0.3 is 15.2 Å². The molecule has 0 fully saturated rings. The van der Waals surface area contributed by atoms with Crippen molar-refractivity contribution in [3.05, 3.63) is 58.6 Å². The molecule has 0 aromatic heterocycles. The number of aryl methyl sites for hydroxylation is 2. The van der Waals surface area contributed by atoms with Crippen molar-refractivity contribution in [2.75, 3.05) is 18.5 Å². The topological polar surface area (TPSA) is 41.5 Å². The van der Waals surface area contributed by atoms with Gasteiger partial charge >= 0.3 is 0 Å². The largest absolute Gasteiger partial charge is 0.489 e. The number of aliphatic hydroxyl groups excluding tert-OH is 1. The van der Waals surface area contributed by atoms with E-state index < -0.39 is 6.10 Å². The third-order valence-corrected chi connectivity index (χ3v) is 3.50. The van der Waals surface area contributed by atoms with Crippen LogP contribution < -0.4 is 10.1 Å². The lowest BCUT2D eigenvalue weighted by Crippen LogP contribution is -2.26. The monoisotopic (exact) mass is 305 g/mol. The number of rotatable bonds is 6. The van der Waals surface area contributed by atoms with Crippen molar-refractivity contribution in [2.24, 2.45) is 0 Å². The van der Waals surface area contributed by atoms with Crippen molar-refractivity contribution in [1.82, 2.24) is 0 Å². The molecule has 0 aliphatic carbocycles. The molecule has 3 nitrogen and oxygen atoms in total. The number of nitrogens with one attached hydrogen (secondary N) is 1. The van der Waals surface area contributed by atoms with Crippen LogP contribution in [-0.2, 0) is 0 Å². The molecular formula is C17H20ClNO2. The van der Waals surface area contributed by atoms with E-state index in [2.05, 4.69) is 23.5 Å². The average Bonchev–Trinajstić information content (AvgIpc) is 2.47. The quantitative estimate of drug-likeness (QED) is 0.853. The molecule has 0 saturated heterocycles. The van der Waals surface area contributed by atoms with Crippen LogP contribution >= 0.6 is 11.6 Å². The Balaban J connectivity index is 1.84. The molecule has 2 aromatic rings. The van der Waals surface area contributed by atoms with Crippen LogP contribution in [0.5, 0.6) is 5.75 Å². The number of halogens is 1. The van der Waals surface area contributed by atoms with E-state index in [-0.39, 0.29) is 6.61 Å². The van der Waals surface area contributed by atoms with Gasteiger partial charge in [0.15, 0.2) is 0 Å². The van der Waals surface area contributed by atoms with Gasteiger partial charge in [-0.15, -0.1) is 0 Å². The molecule has 112 valence electrons. The molecule has 0 aliphatic rings. The summed E-state index contributed by atoms with van der Waals surface area (Å²) in [6, 6.07) is 13.4. The van der Waals surface area contributed by atoms with Crippen molar-refractivity contribution < 1.29 is 9.84 Å². The molecule has 21 heavy (non-hydrogen) atoms. The Morgan fingerprint density at radius 3 is 2.71 bits per heavy atom. The maximum atomic E-state index is 9.99. The molecular weight excluding hydrogens is 286 g/mol. The van der Waals surface area contributed by atoms with E-state index in [4.69, 9.17) is 16.3 Å². The molecule has 2 rings (SSSR count). The second-order valence-corrected chi connectivity index (χ2v) is 5.50. The van der Waals surface area contributed by atoms with Crippen LogP contribution in [0.4, 0.5) is 5.69 Å². The molecule has 1 atom stereocenters. The predicted molar refractivity (Wildman–Crippen MR) is 87.4 cm³/mol. The van der Waals surface area contributed by atoms with Crippen molar-refractivity contribution in [1.29, 1.82) is 0 Å². The van der Waals surface area contributed by atoms with Gasteiger partial charge in [-0.1, -0.05) is 35.9 Å². The summed E-state index contributed by atoms with van der Waals surface area (Å²) < 4.78 is 5.52. The third kappa shape index (κ3) is 4.66. The first-order valence-corrected chi connectivity index (χ1v) is 7.30. The fourth-order valence-electron chi connectivity index (χ4n) is 1.96. The second-order valence-electron chi connectivity index (χ2n) is 5.09. The Kier molecular flexibility index (Phi) is 5.48. The number of hydrogen-bond acceptors (Lipinski definition) is 3. The smallest absolute Gasteiger partial charge is 0.138 e. The van der Waals surface area contributed by atoms with E-state index in [0.717, 1.165) is 11.3 Å². The van der Waals surface area contributed by atoms with E-state index in [0.29, 0.717) is 17.3 Å². The molecule has 4 heteroatoms. The van der Waals surface area contributed by atoms with Gasteiger partial charge in [0.25, 0.3) is 0 Å².